The van der Waals surface area contributed by atoms with Crippen molar-refractivity contribution in [1.29, 1.82) is 0 Å². The van der Waals surface area contributed by atoms with Gasteiger partial charge in [-0.15, -0.1) is 0 Å². The number of hydrogen-bond donors (Lipinski definition) is 0. The van der Waals surface area contributed by atoms with Crippen molar-refractivity contribution >= 4 is 5.69 Å². The molecule has 0 spiro atoms. The van der Waals surface area contributed by atoms with Gasteiger partial charge < -0.3 is 4.90 Å². The molecule has 0 radical (unpaired) electrons. The van der Waals surface area contributed by atoms with E-state index in [0.717, 1.165) is 37.9 Å². The molecule has 19 heavy (non-hydrogen) atoms. The van der Waals surface area contributed by atoms with Crippen molar-refractivity contribution in [3.63, 3.8) is 0 Å². The van der Waals surface area contributed by atoms with Gasteiger partial charge in [-0.3, -0.25) is 4.90 Å². The van der Waals surface area contributed by atoms with Crippen LogP contribution in [0.4, 0.5) is 18.9 Å². The maximum absolute atomic E-state index is 12.4. The van der Waals surface area contributed by atoms with Gasteiger partial charge in [0.1, 0.15) is 5.69 Å². The molecule has 0 unspecified atom stereocenters. The van der Waals surface area contributed by atoms with Crippen molar-refractivity contribution in [2.24, 2.45) is 0 Å². The summed E-state index contributed by atoms with van der Waals surface area (Å²) in [5, 5.41) is 0. The van der Waals surface area contributed by atoms with Crippen LogP contribution < -0.4 is 4.90 Å². The van der Waals surface area contributed by atoms with E-state index in [9.17, 15) is 13.2 Å². The SMILES string of the molecule is CC(C)N1CCN(c2ccc(C(F)(F)F)nc2)CC1. The maximum atomic E-state index is 12.4. The second-order valence-electron chi connectivity index (χ2n) is 5.02. The molecule has 1 saturated heterocycles. The number of alkyl halides is 3. The summed E-state index contributed by atoms with van der Waals surface area (Å²) >= 11 is 0. The Morgan fingerprint density at radius 2 is 1.74 bits per heavy atom. The van der Waals surface area contributed by atoms with Gasteiger partial charge in [0.05, 0.1) is 11.9 Å². The van der Waals surface area contributed by atoms with Crippen LogP contribution in [0.25, 0.3) is 0 Å². The van der Waals surface area contributed by atoms with Crippen LogP contribution in [-0.4, -0.2) is 42.1 Å². The lowest BCUT2D eigenvalue weighted by molar-refractivity contribution is -0.141. The van der Waals surface area contributed by atoms with E-state index in [0.29, 0.717) is 6.04 Å². The summed E-state index contributed by atoms with van der Waals surface area (Å²) in [6, 6.07) is 3.05. The highest BCUT2D eigenvalue weighted by Crippen LogP contribution is 2.28. The highest BCUT2D eigenvalue weighted by Gasteiger charge is 2.32. The average molecular weight is 273 g/mol. The van der Waals surface area contributed by atoms with E-state index in [2.05, 4.69) is 28.6 Å². The number of anilines is 1. The van der Waals surface area contributed by atoms with E-state index in [1.165, 1.54) is 12.3 Å². The van der Waals surface area contributed by atoms with Gasteiger partial charge in [-0.2, -0.15) is 13.2 Å². The minimum atomic E-state index is -4.37. The number of rotatable bonds is 2. The molecule has 3 nitrogen and oxygen atoms in total. The Morgan fingerprint density at radius 3 is 2.16 bits per heavy atom. The van der Waals surface area contributed by atoms with Crippen LogP contribution in [0.5, 0.6) is 0 Å². The van der Waals surface area contributed by atoms with Gasteiger partial charge in [0.15, 0.2) is 0 Å². The molecule has 1 aromatic heterocycles. The Hall–Kier alpha value is -1.30. The smallest absolute Gasteiger partial charge is 0.368 e. The summed E-state index contributed by atoms with van der Waals surface area (Å²) in [5.41, 5.74) is -0.0755. The number of hydrogen-bond acceptors (Lipinski definition) is 3. The number of aromatic nitrogens is 1. The molecule has 0 aromatic carbocycles. The van der Waals surface area contributed by atoms with E-state index in [-0.39, 0.29) is 0 Å². The van der Waals surface area contributed by atoms with E-state index in [1.807, 2.05) is 0 Å². The fraction of sp³-hybridized carbons (Fsp3) is 0.615. The molecule has 1 aromatic rings. The van der Waals surface area contributed by atoms with Crippen molar-refractivity contribution < 1.29 is 13.2 Å². The quantitative estimate of drug-likeness (QED) is 0.825. The van der Waals surface area contributed by atoms with Crippen LogP contribution in [-0.2, 0) is 6.18 Å². The lowest BCUT2D eigenvalue weighted by Crippen LogP contribution is -2.48. The first-order valence-corrected chi connectivity index (χ1v) is 6.40. The van der Waals surface area contributed by atoms with E-state index in [1.54, 1.807) is 0 Å². The standard InChI is InChI=1S/C13H18F3N3/c1-10(2)18-5-7-19(8-6-18)11-3-4-12(17-9-11)13(14,15)16/h3-4,9-10H,5-8H2,1-2H3. The van der Waals surface area contributed by atoms with Gasteiger partial charge in [0.25, 0.3) is 0 Å². The molecule has 1 aliphatic rings. The second-order valence-corrected chi connectivity index (χ2v) is 5.02. The van der Waals surface area contributed by atoms with Crippen molar-refractivity contribution in [2.45, 2.75) is 26.1 Å². The summed E-state index contributed by atoms with van der Waals surface area (Å²) in [7, 11) is 0. The van der Waals surface area contributed by atoms with Gasteiger partial charge in [0, 0.05) is 32.2 Å². The zero-order chi connectivity index (χ0) is 14.0. The molecule has 0 bridgehead atoms. The highest BCUT2D eigenvalue weighted by atomic mass is 19.4. The summed E-state index contributed by atoms with van der Waals surface area (Å²) in [6.45, 7) is 7.80. The van der Waals surface area contributed by atoms with Gasteiger partial charge in [-0.1, -0.05) is 0 Å². The lowest BCUT2D eigenvalue weighted by Gasteiger charge is -2.38. The van der Waals surface area contributed by atoms with Crippen LogP contribution in [0.3, 0.4) is 0 Å². The predicted octanol–water partition coefficient (Wildman–Crippen LogP) is 2.63. The Balaban J connectivity index is 2.00. The first-order valence-electron chi connectivity index (χ1n) is 6.40. The maximum Gasteiger partial charge on any atom is 0.433 e. The fourth-order valence-corrected chi connectivity index (χ4v) is 2.24. The largest absolute Gasteiger partial charge is 0.433 e. The normalized spacial score (nSPS) is 18.1. The monoisotopic (exact) mass is 273 g/mol. The van der Waals surface area contributed by atoms with E-state index < -0.39 is 11.9 Å². The Kier molecular flexibility index (Phi) is 3.99. The Bertz CT molecular complexity index is 406. The van der Waals surface area contributed by atoms with Gasteiger partial charge in [0.2, 0.25) is 0 Å². The second kappa shape index (κ2) is 5.36. The van der Waals surface area contributed by atoms with Crippen LogP contribution in [0.15, 0.2) is 18.3 Å². The fourth-order valence-electron chi connectivity index (χ4n) is 2.24. The van der Waals surface area contributed by atoms with Crippen molar-refractivity contribution in [2.75, 3.05) is 31.1 Å². The molecule has 2 heterocycles. The number of halogens is 3. The summed E-state index contributed by atoms with van der Waals surface area (Å²) in [5.74, 6) is 0. The zero-order valence-electron chi connectivity index (χ0n) is 11.1. The molecule has 1 aliphatic heterocycles. The average Bonchev–Trinajstić information content (AvgIpc) is 2.38. The van der Waals surface area contributed by atoms with Crippen LogP contribution in [0, 0.1) is 0 Å². The predicted molar refractivity (Wildman–Crippen MR) is 68.2 cm³/mol. The molecule has 0 N–H and O–H groups in total. The molecule has 106 valence electrons. The van der Waals surface area contributed by atoms with E-state index in [4.69, 9.17) is 0 Å². The molecule has 0 amide bonds. The Morgan fingerprint density at radius 1 is 1.11 bits per heavy atom. The molecule has 0 aliphatic carbocycles. The lowest BCUT2D eigenvalue weighted by atomic mass is 10.2. The van der Waals surface area contributed by atoms with Crippen LogP contribution in [0.2, 0.25) is 0 Å². The topological polar surface area (TPSA) is 19.4 Å². The minimum absolute atomic E-state index is 0.507. The zero-order valence-corrected chi connectivity index (χ0v) is 11.1. The van der Waals surface area contributed by atoms with Crippen molar-refractivity contribution in [1.82, 2.24) is 9.88 Å². The minimum Gasteiger partial charge on any atom is -0.368 e. The first kappa shape index (κ1) is 14.1. The first-order chi connectivity index (χ1) is 8.88. The molecular weight excluding hydrogens is 255 g/mol. The van der Waals surface area contributed by atoms with Crippen molar-refractivity contribution in [3.05, 3.63) is 24.0 Å². The summed E-state index contributed by atoms with van der Waals surface area (Å²) in [4.78, 5) is 7.93. The number of nitrogens with zero attached hydrogens (tertiary/aromatic N) is 3. The number of pyridine rings is 1. The molecule has 6 heteroatoms. The van der Waals surface area contributed by atoms with Crippen LogP contribution in [0.1, 0.15) is 19.5 Å². The molecular formula is C13H18F3N3. The third-order valence-corrected chi connectivity index (χ3v) is 3.45. The highest BCUT2D eigenvalue weighted by molar-refractivity contribution is 5.45. The summed E-state index contributed by atoms with van der Waals surface area (Å²) < 4.78 is 37.3. The van der Waals surface area contributed by atoms with Crippen LogP contribution >= 0.6 is 0 Å². The van der Waals surface area contributed by atoms with E-state index >= 15 is 0 Å². The Labute approximate surface area is 111 Å². The molecule has 0 saturated carbocycles. The molecule has 1 fully saturated rings. The van der Waals surface area contributed by atoms with Gasteiger partial charge in [-0.05, 0) is 26.0 Å². The molecule has 2 rings (SSSR count). The van der Waals surface area contributed by atoms with Gasteiger partial charge in [-0.25, -0.2) is 4.98 Å². The molecule has 0 atom stereocenters. The third-order valence-electron chi connectivity index (χ3n) is 3.45. The number of piperazine rings is 1. The third kappa shape index (κ3) is 3.37. The van der Waals surface area contributed by atoms with Gasteiger partial charge >= 0.3 is 6.18 Å². The summed E-state index contributed by atoms with van der Waals surface area (Å²) in [6.07, 6.45) is -3.05. The van der Waals surface area contributed by atoms with Crippen molar-refractivity contribution in [3.8, 4) is 0 Å².